The summed E-state index contributed by atoms with van der Waals surface area (Å²) in [5, 5.41) is 15.1. The average Bonchev–Trinajstić information content (AvgIpc) is 3.31. The molecular formula is C17H20N6O2. The van der Waals surface area contributed by atoms with Gasteiger partial charge in [-0.2, -0.15) is 20.5 Å². The maximum atomic E-state index is 13.1. The van der Waals surface area contributed by atoms with E-state index in [9.17, 15) is 4.79 Å². The fourth-order valence-electron chi connectivity index (χ4n) is 3.73. The third-order valence-corrected chi connectivity index (χ3v) is 4.82. The van der Waals surface area contributed by atoms with Crippen LogP contribution in [0.4, 0.5) is 0 Å². The van der Waals surface area contributed by atoms with Crippen molar-refractivity contribution < 1.29 is 9.53 Å². The molecule has 0 aliphatic carbocycles. The van der Waals surface area contributed by atoms with Gasteiger partial charge in [-0.05, 0) is 38.0 Å². The first kappa shape index (κ1) is 15.6. The van der Waals surface area contributed by atoms with Gasteiger partial charge in [0.25, 0.3) is 5.91 Å². The topological polar surface area (TPSA) is 88.9 Å². The molecule has 4 rings (SSSR count). The number of ether oxygens (including phenoxy) is 1. The van der Waals surface area contributed by atoms with Crippen LogP contribution in [0.15, 0.2) is 18.2 Å². The number of carbonyl (C=O) groups excluding carboxylic acids is 1. The molecule has 1 atom stereocenters. The molecular weight excluding hydrogens is 320 g/mol. The molecule has 3 aromatic rings. The van der Waals surface area contributed by atoms with Crippen LogP contribution in [0.1, 0.15) is 40.5 Å². The Morgan fingerprint density at radius 3 is 2.92 bits per heavy atom. The van der Waals surface area contributed by atoms with E-state index in [4.69, 9.17) is 4.74 Å². The van der Waals surface area contributed by atoms with Crippen LogP contribution in [-0.4, -0.2) is 49.7 Å². The molecule has 1 amide bonds. The summed E-state index contributed by atoms with van der Waals surface area (Å²) in [6, 6.07) is 5.37. The lowest BCUT2D eigenvalue weighted by atomic mass is 10.0. The Balaban J connectivity index is 1.70. The maximum Gasteiger partial charge on any atom is 0.254 e. The van der Waals surface area contributed by atoms with Gasteiger partial charge in [-0.25, -0.2) is 4.68 Å². The van der Waals surface area contributed by atoms with Gasteiger partial charge in [-0.1, -0.05) is 0 Å². The van der Waals surface area contributed by atoms with Crippen LogP contribution in [0.2, 0.25) is 0 Å². The van der Waals surface area contributed by atoms with Crippen molar-refractivity contribution in [2.24, 2.45) is 7.05 Å². The zero-order valence-corrected chi connectivity index (χ0v) is 14.5. The van der Waals surface area contributed by atoms with E-state index in [1.807, 2.05) is 24.9 Å². The van der Waals surface area contributed by atoms with Crippen molar-refractivity contribution in [3.05, 3.63) is 35.0 Å². The molecule has 1 aromatic carbocycles. The number of hydrogen-bond donors (Lipinski definition) is 1. The van der Waals surface area contributed by atoms with E-state index in [1.165, 1.54) is 0 Å². The van der Waals surface area contributed by atoms with Crippen molar-refractivity contribution in [3.8, 4) is 5.88 Å². The van der Waals surface area contributed by atoms with Gasteiger partial charge in [0.15, 0.2) is 0 Å². The van der Waals surface area contributed by atoms with Crippen LogP contribution < -0.4 is 4.74 Å². The molecule has 25 heavy (non-hydrogen) atoms. The molecule has 8 heteroatoms. The summed E-state index contributed by atoms with van der Waals surface area (Å²) in [5.74, 6) is 0.715. The Morgan fingerprint density at radius 2 is 2.12 bits per heavy atom. The fraction of sp³-hybridized carbons (Fsp3) is 0.412. The molecule has 8 nitrogen and oxygen atoms in total. The van der Waals surface area contributed by atoms with Gasteiger partial charge < -0.3 is 9.64 Å². The van der Waals surface area contributed by atoms with E-state index in [1.54, 1.807) is 23.9 Å². The number of aryl methyl sites for hydroxylation is 2. The lowest BCUT2D eigenvalue weighted by Gasteiger charge is -2.25. The Labute approximate surface area is 144 Å². The van der Waals surface area contributed by atoms with E-state index >= 15 is 0 Å². The molecule has 0 spiro atoms. The molecule has 1 aliphatic rings. The first-order valence-corrected chi connectivity index (χ1v) is 8.29. The number of likely N-dealkylation sites (tertiary alicyclic amines) is 1. The quantitative estimate of drug-likeness (QED) is 0.787. The fourth-order valence-corrected chi connectivity index (χ4v) is 3.73. The summed E-state index contributed by atoms with van der Waals surface area (Å²) in [6.07, 6.45) is 1.86. The van der Waals surface area contributed by atoms with Gasteiger partial charge in [0, 0.05) is 19.2 Å². The summed E-state index contributed by atoms with van der Waals surface area (Å²) < 4.78 is 7.26. The van der Waals surface area contributed by atoms with Crippen LogP contribution >= 0.6 is 0 Å². The van der Waals surface area contributed by atoms with E-state index in [0.717, 1.165) is 36.2 Å². The first-order chi connectivity index (χ1) is 12.1. The van der Waals surface area contributed by atoms with Crippen molar-refractivity contribution in [1.82, 2.24) is 30.1 Å². The zero-order chi connectivity index (χ0) is 17.6. The van der Waals surface area contributed by atoms with Gasteiger partial charge in [0.1, 0.15) is 11.0 Å². The van der Waals surface area contributed by atoms with E-state index in [0.29, 0.717) is 17.0 Å². The van der Waals surface area contributed by atoms with Gasteiger partial charge >= 0.3 is 0 Å². The minimum Gasteiger partial charge on any atom is -0.481 e. The first-order valence-electron chi connectivity index (χ1n) is 8.29. The predicted octanol–water partition coefficient (Wildman–Crippen LogP) is 1.99. The summed E-state index contributed by atoms with van der Waals surface area (Å²) in [4.78, 5) is 15.0. The number of carbonyl (C=O) groups is 1. The van der Waals surface area contributed by atoms with Gasteiger partial charge in [0.05, 0.1) is 24.4 Å². The molecule has 0 radical (unpaired) electrons. The third kappa shape index (κ3) is 2.45. The zero-order valence-electron chi connectivity index (χ0n) is 14.5. The number of methoxy groups -OCH3 is 1. The van der Waals surface area contributed by atoms with Crippen molar-refractivity contribution in [2.75, 3.05) is 13.7 Å². The van der Waals surface area contributed by atoms with Gasteiger partial charge in [-0.3, -0.25) is 4.79 Å². The van der Waals surface area contributed by atoms with Crippen LogP contribution in [0, 0.1) is 6.92 Å². The number of fused-ring (bicyclic) bond motifs is 1. The highest BCUT2D eigenvalue weighted by Gasteiger charge is 2.35. The number of rotatable bonds is 3. The second-order valence-electron chi connectivity index (χ2n) is 6.32. The van der Waals surface area contributed by atoms with Crippen molar-refractivity contribution >= 4 is 16.9 Å². The van der Waals surface area contributed by atoms with Crippen molar-refractivity contribution in [1.29, 1.82) is 0 Å². The maximum absolute atomic E-state index is 13.1. The number of hydrogen-bond acceptors (Lipinski definition) is 5. The van der Waals surface area contributed by atoms with E-state index in [2.05, 4.69) is 20.5 Å². The minimum atomic E-state index is -0.0239. The van der Waals surface area contributed by atoms with Crippen LogP contribution in [0.5, 0.6) is 5.88 Å². The SMILES string of the molecule is COc1c([C@@H]2CCCN2C(=O)c2ccc3n[nH]nc3c2)c(C)nn1C. The van der Waals surface area contributed by atoms with Crippen LogP contribution in [0.3, 0.4) is 0 Å². The third-order valence-electron chi connectivity index (χ3n) is 4.82. The number of aromatic amines is 1. The Bertz CT molecular complexity index is 944. The summed E-state index contributed by atoms with van der Waals surface area (Å²) >= 11 is 0. The highest BCUT2D eigenvalue weighted by molar-refractivity contribution is 5.97. The molecule has 0 bridgehead atoms. The number of benzene rings is 1. The lowest BCUT2D eigenvalue weighted by molar-refractivity contribution is 0.0734. The summed E-state index contributed by atoms with van der Waals surface area (Å²) in [7, 11) is 3.49. The molecule has 0 unspecified atom stereocenters. The number of aromatic nitrogens is 5. The normalized spacial score (nSPS) is 17.4. The molecule has 1 saturated heterocycles. The number of nitrogens with zero attached hydrogens (tertiary/aromatic N) is 5. The minimum absolute atomic E-state index is 0.00212. The van der Waals surface area contributed by atoms with E-state index < -0.39 is 0 Å². The molecule has 0 saturated carbocycles. The second kappa shape index (κ2) is 5.87. The molecule has 3 heterocycles. The highest BCUT2D eigenvalue weighted by Crippen LogP contribution is 2.39. The molecule has 1 N–H and O–H groups in total. The standard InChI is InChI=1S/C17H20N6O2/c1-10-15(17(25-3)22(2)20-10)14-5-4-8-23(14)16(24)11-6-7-12-13(9-11)19-21-18-12/h6-7,9,14H,4-5,8H2,1-3H3,(H,18,19,21)/t14-/m0/s1. The predicted molar refractivity (Wildman–Crippen MR) is 91.4 cm³/mol. The number of H-pyrrole nitrogens is 1. The number of nitrogens with one attached hydrogen (secondary N) is 1. The molecule has 2 aromatic heterocycles. The Morgan fingerprint density at radius 1 is 1.32 bits per heavy atom. The largest absolute Gasteiger partial charge is 0.481 e. The lowest BCUT2D eigenvalue weighted by Crippen LogP contribution is -2.31. The average molecular weight is 340 g/mol. The van der Waals surface area contributed by atoms with Crippen LogP contribution in [0.25, 0.3) is 11.0 Å². The Kier molecular flexibility index (Phi) is 3.67. The summed E-state index contributed by atoms with van der Waals surface area (Å²) in [6.45, 7) is 2.68. The Hall–Kier alpha value is -2.90. The van der Waals surface area contributed by atoms with E-state index in [-0.39, 0.29) is 11.9 Å². The van der Waals surface area contributed by atoms with Gasteiger partial charge in [0.2, 0.25) is 5.88 Å². The van der Waals surface area contributed by atoms with Crippen molar-refractivity contribution in [3.63, 3.8) is 0 Å². The highest BCUT2D eigenvalue weighted by atomic mass is 16.5. The monoisotopic (exact) mass is 340 g/mol. The second-order valence-corrected chi connectivity index (χ2v) is 6.32. The molecule has 1 aliphatic heterocycles. The molecule has 1 fully saturated rings. The van der Waals surface area contributed by atoms with Gasteiger partial charge in [-0.15, -0.1) is 0 Å². The van der Waals surface area contributed by atoms with Crippen LogP contribution in [-0.2, 0) is 7.05 Å². The van der Waals surface area contributed by atoms with Crippen molar-refractivity contribution in [2.45, 2.75) is 25.8 Å². The molecule has 130 valence electrons. The smallest absolute Gasteiger partial charge is 0.254 e. The number of amides is 1. The summed E-state index contributed by atoms with van der Waals surface area (Å²) in [5.41, 5.74) is 3.96.